The van der Waals surface area contributed by atoms with Crippen molar-refractivity contribution in [2.24, 2.45) is 0 Å². The molecule has 0 radical (unpaired) electrons. The van der Waals surface area contributed by atoms with Crippen LogP contribution in [0.1, 0.15) is 30.7 Å². The summed E-state index contributed by atoms with van der Waals surface area (Å²) in [7, 11) is 0. The summed E-state index contributed by atoms with van der Waals surface area (Å²) in [5.41, 5.74) is 6.92. The standard InChI is InChI=1S/C11H18N4/c1-9-13-7-10(11(12)14-9)8-15-5-3-2-4-6-15/h7H,2-6,8H2,1H3,(H2,12,13,14). The van der Waals surface area contributed by atoms with Crippen molar-refractivity contribution in [3.05, 3.63) is 17.6 Å². The molecule has 2 N–H and O–H groups in total. The predicted octanol–water partition coefficient (Wildman–Crippen LogP) is 1.35. The van der Waals surface area contributed by atoms with Gasteiger partial charge in [-0.2, -0.15) is 0 Å². The maximum Gasteiger partial charge on any atom is 0.131 e. The third-order valence-corrected chi connectivity index (χ3v) is 2.86. The topological polar surface area (TPSA) is 55.0 Å². The molecule has 2 rings (SSSR count). The van der Waals surface area contributed by atoms with Crippen LogP contribution in [0.25, 0.3) is 0 Å². The van der Waals surface area contributed by atoms with E-state index in [1.54, 1.807) is 0 Å². The van der Waals surface area contributed by atoms with Crippen LogP contribution in [0.3, 0.4) is 0 Å². The summed E-state index contributed by atoms with van der Waals surface area (Å²) in [6.45, 7) is 5.10. The summed E-state index contributed by atoms with van der Waals surface area (Å²) in [4.78, 5) is 10.8. The monoisotopic (exact) mass is 206 g/mol. The molecule has 0 spiro atoms. The second kappa shape index (κ2) is 4.57. The molecule has 15 heavy (non-hydrogen) atoms. The molecule has 1 aromatic rings. The molecule has 1 aliphatic rings. The van der Waals surface area contributed by atoms with Gasteiger partial charge in [-0.25, -0.2) is 9.97 Å². The first kappa shape index (κ1) is 10.4. The van der Waals surface area contributed by atoms with E-state index in [-0.39, 0.29) is 0 Å². The van der Waals surface area contributed by atoms with Gasteiger partial charge in [0.1, 0.15) is 11.6 Å². The number of hydrogen-bond acceptors (Lipinski definition) is 4. The van der Waals surface area contributed by atoms with E-state index in [2.05, 4.69) is 14.9 Å². The number of anilines is 1. The average molecular weight is 206 g/mol. The molecule has 4 heteroatoms. The Kier molecular flexibility index (Phi) is 3.16. The van der Waals surface area contributed by atoms with E-state index < -0.39 is 0 Å². The van der Waals surface area contributed by atoms with Gasteiger partial charge in [-0.05, 0) is 32.9 Å². The number of aromatic nitrogens is 2. The molecule has 82 valence electrons. The Hall–Kier alpha value is -1.16. The van der Waals surface area contributed by atoms with E-state index in [9.17, 15) is 0 Å². The molecule has 0 saturated carbocycles. The van der Waals surface area contributed by atoms with Gasteiger partial charge in [0.25, 0.3) is 0 Å². The van der Waals surface area contributed by atoms with Crippen molar-refractivity contribution < 1.29 is 0 Å². The van der Waals surface area contributed by atoms with Crippen LogP contribution >= 0.6 is 0 Å². The second-order valence-corrected chi connectivity index (χ2v) is 4.16. The zero-order valence-electron chi connectivity index (χ0n) is 9.24. The summed E-state index contributed by atoms with van der Waals surface area (Å²) < 4.78 is 0. The van der Waals surface area contributed by atoms with Crippen molar-refractivity contribution in [1.82, 2.24) is 14.9 Å². The Bertz CT molecular complexity index is 331. The predicted molar refractivity (Wildman–Crippen MR) is 60.3 cm³/mol. The molecule has 0 atom stereocenters. The lowest BCUT2D eigenvalue weighted by Crippen LogP contribution is -2.29. The Morgan fingerprint density at radius 3 is 2.73 bits per heavy atom. The normalized spacial score (nSPS) is 17.9. The Morgan fingerprint density at radius 2 is 2.07 bits per heavy atom. The highest BCUT2D eigenvalue weighted by Gasteiger charge is 2.12. The van der Waals surface area contributed by atoms with Crippen LogP contribution in [0.4, 0.5) is 5.82 Å². The molecule has 1 aliphatic heterocycles. The van der Waals surface area contributed by atoms with E-state index in [0.29, 0.717) is 5.82 Å². The minimum Gasteiger partial charge on any atom is -0.383 e. The first-order valence-electron chi connectivity index (χ1n) is 5.56. The highest BCUT2D eigenvalue weighted by molar-refractivity contribution is 5.37. The number of hydrogen-bond donors (Lipinski definition) is 1. The van der Waals surface area contributed by atoms with Crippen molar-refractivity contribution in [2.75, 3.05) is 18.8 Å². The van der Waals surface area contributed by atoms with Gasteiger partial charge in [-0.3, -0.25) is 4.90 Å². The average Bonchev–Trinajstić information content (AvgIpc) is 2.24. The zero-order valence-corrected chi connectivity index (χ0v) is 9.24. The summed E-state index contributed by atoms with van der Waals surface area (Å²) in [5, 5.41) is 0. The number of aryl methyl sites for hydroxylation is 1. The van der Waals surface area contributed by atoms with Gasteiger partial charge < -0.3 is 5.73 Å². The Morgan fingerprint density at radius 1 is 1.33 bits per heavy atom. The van der Waals surface area contributed by atoms with Crippen LogP contribution in [0.5, 0.6) is 0 Å². The fourth-order valence-corrected chi connectivity index (χ4v) is 1.99. The largest absolute Gasteiger partial charge is 0.383 e. The molecule has 0 aromatic carbocycles. The lowest BCUT2D eigenvalue weighted by molar-refractivity contribution is 0.221. The van der Waals surface area contributed by atoms with Crippen molar-refractivity contribution in [3.8, 4) is 0 Å². The fraction of sp³-hybridized carbons (Fsp3) is 0.636. The van der Waals surface area contributed by atoms with Gasteiger partial charge >= 0.3 is 0 Å². The molecule has 1 fully saturated rings. The summed E-state index contributed by atoms with van der Waals surface area (Å²) >= 11 is 0. The van der Waals surface area contributed by atoms with E-state index in [1.165, 1.54) is 32.4 Å². The first-order chi connectivity index (χ1) is 7.25. The number of nitrogens with zero attached hydrogens (tertiary/aromatic N) is 3. The third kappa shape index (κ3) is 2.65. The molecular formula is C11H18N4. The summed E-state index contributed by atoms with van der Waals surface area (Å²) in [6, 6.07) is 0. The van der Waals surface area contributed by atoms with Crippen molar-refractivity contribution >= 4 is 5.82 Å². The van der Waals surface area contributed by atoms with Gasteiger partial charge in [0.15, 0.2) is 0 Å². The molecule has 0 bridgehead atoms. The van der Waals surface area contributed by atoms with Crippen LogP contribution in [0, 0.1) is 6.92 Å². The van der Waals surface area contributed by atoms with Crippen LogP contribution in [-0.4, -0.2) is 28.0 Å². The molecule has 1 aromatic heterocycles. The summed E-state index contributed by atoms with van der Waals surface area (Å²) in [6.07, 6.45) is 5.81. The third-order valence-electron chi connectivity index (χ3n) is 2.86. The second-order valence-electron chi connectivity index (χ2n) is 4.16. The first-order valence-corrected chi connectivity index (χ1v) is 5.56. The van der Waals surface area contributed by atoms with Gasteiger partial charge in [0.2, 0.25) is 0 Å². The van der Waals surface area contributed by atoms with E-state index in [0.717, 1.165) is 17.9 Å². The molecule has 0 unspecified atom stereocenters. The molecule has 0 amide bonds. The van der Waals surface area contributed by atoms with Crippen LogP contribution < -0.4 is 5.73 Å². The zero-order chi connectivity index (χ0) is 10.7. The maximum atomic E-state index is 5.86. The van der Waals surface area contributed by atoms with Gasteiger partial charge in [0, 0.05) is 18.3 Å². The highest BCUT2D eigenvalue weighted by Crippen LogP contribution is 2.15. The molecule has 4 nitrogen and oxygen atoms in total. The number of rotatable bonds is 2. The van der Waals surface area contributed by atoms with Gasteiger partial charge in [0.05, 0.1) is 0 Å². The lowest BCUT2D eigenvalue weighted by atomic mass is 10.1. The number of likely N-dealkylation sites (tertiary alicyclic amines) is 1. The molecular weight excluding hydrogens is 188 g/mol. The van der Waals surface area contributed by atoms with Crippen molar-refractivity contribution in [2.45, 2.75) is 32.7 Å². The van der Waals surface area contributed by atoms with E-state index in [4.69, 9.17) is 5.73 Å². The quantitative estimate of drug-likeness (QED) is 0.793. The SMILES string of the molecule is Cc1ncc(CN2CCCCC2)c(N)n1. The molecule has 1 saturated heterocycles. The number of piperidine rings is 1. The molecule has 0 aliphatic carbocycles. The fourth-order valence-electron chi connectivity index (χ4n) is 1.99. The number of nitrogen functional groups attached to an aromatic ring is 1. The van der Waals surface area contributed by atoms with Crippen LogP contribution in [-0.2, 0) is 6.54 Å². The summed E-state index contributed by atoms with van der Waals surface area (Å²) in [5.74, 6) is 1.38. The van der Waals surface area contributed by atoms with Crippen LogP contribution in [0.2, 0.25) is 0 Å². The molecule has 2 heterocycles. The van der Waals surface area contributed by atoms with Crippen LogP contribution in [0.15, 0.2) is 6.20 Å². The Labute approximate surface area is 90.5 Å². The lowest BCUT2D eigenvalue weighted by Gasteiger charge is -2.26. The highest BCUT2D eigenvalue weighted by atomic mass is 15.1. The minimum atomic E-state index is 0.632. The number of nitrogens with two attached hydrogens (primary N) is 1. The smallest absolute Gasteiger partial charge is 0.131 e. The maximum absolute atomic E-state index is 5.86. The van der Waals surface area contributed by atoms with E-state index >= 15 is 0 Å². The van der Waals surface area contributed by atoms with E-state index in [1.807, 2.05) is 13.1 Å². The van der Waals surface area contributed by atoms with Crippen molar-refractivity contribution in [3.63, 3.8) is 0 Å². The van der Waals surface area contributed by atoms with Crippen molar-refractivity contribution in [1.29, 1.82) is 0 Å². The Balaban J connectivity index is 2.03. The minimum absolute atomic E-state index is 0.632. The van der Waals surface area contributed by atoms with Gasteiger partial charge in [-0.1, -0.05) is 6.42 Å². The van der Waals surface area contributed by atoms with Gasteiger partial charge in [-0.15, -0.1) is 0 Å².